The number of amides is 3. The smallest absolute Gasteiger partial charge is 0.249 e. The summed E-state index contributed by atoms with van der Waals surface area (Å²) in [5.74, 6) is -0.340. The van der Waals surface area contributed by atoms with Crippen LogP contribution in [0.2, 0.25) is 0 Å². The zero-order chi connectivity index (χ0) is 29.4. The van der Waals surface area contributed by atoms with Crippen LogP contribution in [0.25, 0.3) is 0 Å². The van der Waals surface area contributed by atoms with E-state index in [0.29, 0.717) is 12.0 Å². The normalized spacial score (nSPS) is 20.1. The molecule has 0 saturated carbocycles. The lowest BCUT2D eigenvalue weighted by Gasteiger charge is -2.34. The topological polar surface area (TPSA) is 73.0 Å². The van der Waals surface area contributed by atoms with E-state index in [2.05, 4.69) is 50.0 Å². The lowest BCUT2D eigenvalue weighted by atomic mass is 9.71. The molecule has 2 heterocycles. The Morgan fingerprint density at radius 1 is 1.07 bits per heavy atom. The van der Waals surface area contributed by atoms with Crippen molar-refractivity contribution < 1.29 is 14.4 Å². The van der Waals surface area contributed by atoms with Gasteiger partial charge in [0.1, 0.15) is 0 Å². The fraction of sp³-hybridized carbons (Fsp3) is 0.667. The number of nitrogens with one attached hydrogen (secondary N) is 1. The molecule has 7 heteroatoms. The molecule has 1 aromatic rings. The van der Waals surface area contributed by atoms with E-state index in [-0.39, 0.29) is 53.6 Å². The van der Waals surface area contributed by atoms with Gasteiger partial charge in [0.2, 0.25) is 17.7 Å². The van der Waals surface area contributed by atoms with Crippen LogP contribution in [0.5, 0.6) is 0 Å². The fourth-order valence-corrected chi connectivity index (χ4v) is 6.53. The van der Waals surface area contributed by atoms with E-state index in [1.807, 2.05) is 43.0 Å². The predicted octanol–water partition coefficient (Wildman–Crippen LogP) is 4.62. The number of likely N-dealkylation sites (N-methyl/N-ethyl adjacent to an activating group) is 1. The SMILES string of the molecule is CC[C@H](C(=O)NCC(=O)N(C)[C@H](/C=C(\C)C(=O)N1CCC[C@H]1CN1CCCC1)C(C)C)C(C)(C)c1ccccc1. The van der Waals surface area contributed by atoms with Crippen LogP contribution in [0.3, 0.4) is 0 Å². The minimum Gasteiger partial charge on any atom is -0.347 e. The van der Waals surface area contributed by atoms with Crippen molar-refractivity contribution in [3.8, 4) is 0 Å². The maximum Gasteiger partial charge on any atom is 0.249 e. The van der Waals surface area contributed by atoms with Crippen LogP contribution in [0.15, 0.2) is 42.0 Å². The molecule has 2 aliphatic rings. The van der Waals surface area contributed by atoms with Gasteiger partial charge >= 0.3 is 0 Å². The van der Waals surface area contributed by atoms with Gasteiger partial charge in [-0.2, -0.15) is 0 Å². The molecule has 0 aliphatic carbocycles. The molecule has 2 saturated heterocycles. The molecule has 40 heavy (non-hydrogen) atoms. The molecule has 1 N–H and O–H groups in total. The first-order chi connectivity index (χ1) is 19.0. The third-order valence-corrected chi connectivity index (χ3v) is 9.11. The monoisotopic (exact) mass is 552 g/mol. The van der Waals surface area contributed by atoms with Crippen molar-refractivity contribution in [1.82, 2.24) is 20.0 Å². The maximum atomic E-state index is 13.5. The standard InChI is InChI=1S/C33H52N4O3/c1-8-28(33(5,6)26-15-10-9-11-16-26)31(39)34-22-30(38)35(7)29(24(2)3)21-25(4)32(40)37-20-14-17-27(37)23-36-18-12-13-19-36/h9-11,15-16,21,24,27-29H,8,12-14,17-20,22-23H2,1-7H3,(H,34,39)/b25-21+/t27-,28+,29+/m0/s1. The van der Waals surface area contributed by atoms with E-state index in [0.717, 1.165) is 44.6 Å². The van der Waals surface area contributed by atoms with Crippen molar-refractivity contribution in [2.24, 2.45) is 11.8 Å². The average molecular weight is 553 g/mol. The van der Waals surface area contributed by atoms with Gasteiger partial charge in [0.05, 0.1) is 12.6 Å². The van der Waals surface area contributed by atoms with Gasteiger partial charge in [-0.25, -0.2) is 0 Å². The van der Waals surface area contributed by atoms with Crippen molar-refractivity contribution >= 4 is 17.7 Å². The summed E-state index contributed by atoms with van der Waals surface area (Å²) in [5.41, 5.74) is 1.43. The van der Waals surface area contributed by atoms with Gasteiger partial charge in [-0.05, 0) is 63.6 Å². The molecule has 0 bridgehead atoms. The first kappa shape index (κ1) is 31.9. The molecular formula is C33H52N4O3. The second-order valence-electron chi connectivity index (χ2n) is 12.7. The van der Waals surface area contributed by atoms with E-state index in [1.165, 1.54) is 12.8 Å². The molecule has 1 aromatic carbocycles. The van der Waals surface area contributed by atoms with Crippen molar-refractivity contribution in [1.29, 1.82) is 0 Å². The van der Waals surface area contributed by atoms with Crippen molar-refractivity contribution in [2.45, 2.75) is 91.1 Å². The van der Waals surface area contributed by atoms with Gasteiger partial charge in [-0.1, -0.05) is 71.0 Å². The number of carbonyl (C=O) groups is 3. The van der Waals surface area contributed by atoms with Crippen molar-refractivity contribution in [3.05, 3.63) is 47.5 Å². The summed E-state index contributed by atoms with van der Waals surface area (Å²) in [6.07, 6.45) is 7.22. The minimum absolute atomic E-state index is 0.0647. The zero-order valence-electron chi connectivity index (χ0n) is 25.9. The van der Waals surface area contributed by atoms with Gasteiger partial charge in [0, 0.05) is 43.1 Å². The van der Waals surface area contributed by atoms with Gasteiger partial charge in [-0.3, -0.25) is 14.4 Å². The highest BCUT2D eigenvalue weighted by Gasteiger charge is 2.36. The summed E-state index contributed by atoms with van der Waals surface area (Å²) >= 11 is 0. The molecule has 2 aliphatic heterocycles. The molecule has 0 aromatic heterocycles. The van der Waals surface area contributed by atoms with Crippen LogP contribution in [0.4, 0.5) is 0 Å². The van der Waals surface area contributed by atoms with E-state index in [4.69, 9.17) is 0 Å². The Labute approximate surface area is 242 Å². The number of hydrogen-bond acceptors (Lipinski definition) is 4. The van der Waals surface area contributed by atoms with Gasteiger partial charge in [-0.15, -0.1) is 0 Å². The number of rotatable bonds is 12. The second-order valence-corrected chi connectivity index (χ2v) is 12.7. The number of benzene rings is 1. The van der Waals surface area contributed by atoms with Crippen molar-refractivity contribution in [2.75, 3.05) is 39.8 Å². The van der Waals surface area contributed by atoms with Crippen LogP contribution in [0, 0.1) is 11.8 Å². The third kappa shape index (κ3) is 7.74. The molecule has 3 atom stereocenters. The van der Waals surface area contributed by atoms with Crippen LogP contribution in [0.1, 0.15) is 79.2 Å². The number of carbonyl (C=O) groups excluding carboxylic acids is 3. The third-order valence-electron chi connectivity index (χ3n) is 9.11. The largest absolute Gasteiger partial charge is 0.347 e. The molecule has 2 fully saturated rings. The first-order valence-corrected chi connectivity index (χ1v) is 15.3. The highest BCUT2D eigenvalue weighted by molar-refractivity contribution is 5.93. The number of hydrogen-bond donors (Lipinski definition) is 1. The summed E-state index contributed by atoms with van der Waals surface area (Å²) < 4.78 is 0. The van der Waals surface area contributed by atoms with Gasteiger partial charge in [0.15, 0.2) is 0 Å². The molecule has 0 spiro atoms. The molecule has 3 amide bonds. The van der Waals surface area contributed by atoms with E-state index < -0.39 is 0 Å². The Hall–Kier alpha value is -2.67. The molecule has 0 radical (unpaired) electrons. The average Bonchev–Trinajstić information content (AvgIpc) is 3.62. The van der Waals surface area contributed by atoms with Gasteiger partial charge < -0.3 is 20.0 Å². The Kier molecular flexibility index (Phi) is 11.4. The van der Waals surface area contributed by atoms with E-state index >= 15 is 0 Å². The van der Waals surface area contributed by atoms with Gasteiger partial charge in [0.25, 0.3) is 0 Å². The zero-order valence-corrected chi connectivity index (χ0v) is 25.9. The summed E-state index contributed by atoms with van der Waals surface area (Å²) in [5, 5.41) is 2.91. The Morgan fingerprint density at radius 2 is 1.73 bits per heavy atom. The first-order valence-electron chi connectivity index (χ1n) is 15.3. The Morgan fingerprint density at radius 3 is 2.33 bits per heavy atom. The summed E-state index contributed by atoms with van der Waals surface area (Å²) in [4.78, 5) is 46.2. The molecule has 222 valence electrons. The summed E-state index contributed by atoms with van der Waals surface area (Å²) in [7, 11) is 1.77. The van der Waals surface area contributed by atoms with Crippen LogP contribution in [-0.4, -0.2) is 84.3 Å². The van der Waals surface area contributed by atoms with Crippen LogP contribution in [-0.2, 0) is 19.8 Å². The highest BCUT2D eigenvalue weighted by atomic mass is 16.2. The Bertz CT molecular complexity index is 1030. The highest BCUT2D eigenvalue weighted by Crippen LogP contribution is 2.34. The fourth-order valence-electron chi connectivity index (χ4n) is 6.53. The molecule has 3 rings (SSSR count). The molecule has 0 unspecified atom stereocenters. The molecular weight excluding hydrogens is 500 g/mol. The number of likely N-dealkylation sites (tertiary alicyclic amines) is 2. The number of nitrogens with zero attached hydrogens (tertiary/aromatic N) is 3. The lowest BCUT2D eigenvalue weighted by Crippen LogP contribution is -2.48. The second kappa shape index (κ2) is 14.3. The minimum atomic E-state index is -0.363. The van der Waals surface area contributed by atoms with E-state index in [1.54, 1.807) is 11.9 Å². The predicted molar refractivity (Wildman–Crippen MR) is 162 cm³/mol. The lowest BCUT2D eigenvalue weighted by molar-refractivity contribution is -0.135. The summed E-state index contributed by atoms with van der Waals surface area (Å²) in [6, 6.07) is 10.1. The van der Waals surface area contributed by atoms with Crippen LogP contribution >= 0.6 is 0 Å². The molecule has 7 nitrogen and oxygen atoms in total. The maximum absolute atomic E-state index is 13.5. The van der Waals surface area contributed by atoms with Crippen molar-refractivity contribution in [3.63, 3.8) is 0 Å². The summed E-state index contributed by atoms with van der Waals surface area (Å²) in [6.45, 7) is 16.1. The quantitative estimate of drug-likeness (QED) is 0.384. The van der Waals surface area contributed by atoms with Crippen LogP contribution < -0.4 is 5.32 Å². The Balaban J connectivity index is 1.63. The van der Waals surface area contributed by atoms with E-state index in [9.17, 15) is 14.4 Å².